The van der Waals surface area contributed by atoms with Crippen LogP contribution in [0, 0.1) is 0 Å². The van der Waals surface area contributed by atoms with Crippen LogP contribution in [0.4, 0.5) is 10.5 Å². The highest BCUT2D eigenvalue weighted by Crippen LogP contribution is 2.20. The third-order valence-electron chi connectivity index (χ3n) is 5.16. The van der Waals surface area contributed by atoms with E-state index in [1.807, 2.05) is 18.2 Å². The van der Waals surface area contributed by atoms with Gasteiger partial charge in [-0.3, -0.25) is 19.5 Å². The minimum Gasteiger partial charge on any atom is -0.431 e. The van der Waals surface area contributed by atoms with Gasteiger partial charge in [-0.1, -0.05) is 60.1 Å². The Morgan fingerprint density at radius 3 is 2.23 bits per heavy atom. The van der Waals surface area contributed by atoms with Gasteiger partial charge in [0.1, 0.15) is 0 Å². The highest BCUT2D eigenvalue weighted by atomic mass is 35.5. The van der Waals surface area contributed by atoms with Crippen LogP contribution in [0.5, 0.6) is 0 Å². The molecule has 35 heavy (non-hydrogen) atoms. The highest BCUT2D eigenvalue weighted by Gasteiger charge is 2.25. The van der Waals surface area contributed by atoms with Crippen molar-refractivity contribution < 1.29 is 14.3 Å². The zero-order valence-corrected chi connectivity index (χ0v) is 19.3. The lowest BCUT2D eigenvalue weighted by Gasteiger charge is -2.18. The smallest absolute Gasteiger partial charge is 0.412 e. The summed E-state index contributed by atoms with van der Waals surface area (Å²) in [6.07, 6.45) is -0.227. The fourth-order valence-corrected chi connectivity index (χ4v) is 3.51. The number of halogens is 1. The number of aromatic nitrogens is 1. The van der Waals surface area contributed by atoms with Gasteiger partial charge in [-0.15, -0.1) is 0 Å². The van der Waals surface area contributed by atoms with Crippen LogP contribution >= 0.6 is 11.6 Å². The van der Waals surface area contributed by atoms with Gasteiger partial charge in [0, 0.05) is 40.8 Å². The van der Waals surface area contributed by atoms with E-state index >= 15 is 0 Å². The summed E-state index contributed by atoms with van der Waals surface area (Å²) in [6.45, 7) is 0.217. The van der Waals surface area contributed by atoms with Crippen LogP contribution in [-0.4, -0.2) is 16.6 Å². The van der Waals surface area contributed by atoms with Gasteiger partial charge in [0.2, 0.25) is 6.10 Å². The van der Waals surface area contributed by atoms with Crippen LogP contribution in [0.1, 0.15) is 17.2 Å². The Bertz CT molecular complexity index is 1350. The maximum atomic E-state index is 13.0. The first kappa shape index (κ1) is 23.8. The molecule has 0 saturated heterocycles. The predicted octanol–water partition coefficient (Wildman–Crippen LogP) is 5.10. The number of nitrogens with zero attached hydrogens (tertiary/aromatic N) is 1. The lowest BCUT2D eigenvalue weighted by molar-refractivity contribution is -0.129. The SMILES string of the molecule is O=C(Nc1ccc(Cl)cc1)O[C@@H](C(=O)NCc1ccc(-n2ccccc2=O)cc1)c1ccccc1. The number of amides is 2. The molecule has 1 aromatic heterocycles. The average Bonchev–Trinajstić information content (AvgIpc) is 2.88. The molecule has 2 amide bonds. The molecule has 0 saturated carbocycles. The zero-order valence-electron chi connectivity index (χ0n) is 18.6. The number of benzene rings is 3. The Morgan fingerprint density at radius 2 is 1.54 bits per heavy atom. The lowest BCUT2D eigenvalue weighted by atomic mass is 10.1. The van der Waals surface area contributed by atoms with Crippen molar-refractivity contribution in [1.29, 1.82) is 0 Å². The van der Waals surface area contributed by atoms with E-state index in [1.165, 1.54) is 10.6 Å². The molecule has 0 unspecified atom stereocenters. The molecule has 0 fully saturated rings. The number of carbonyl (C=O) groups is 2. The number of nitrogens with one attached hydrogen (secondary N) is 2. The Hall–Kier alpha value is -4.36. The summed E-state index contributed by atoms with van der Waals surface area (Å²) in [7, 11) is 0. The minimum absolute atomic E-state index is 0.131. The second kappa shape index (κ2) is 11.2. The summed E-state index contributed by atoms with van der Waals surface area (Å²) < 4.78 is 7.01. The third-order valence-corrected chi connectivity index (χ3v) is 5.41. The van der Waals surface area contributed by atoms with Gasteiger partial charge in [-0.25, -0.2) is 4.79 Å². The largest absolute Gasteiger partial charge is 0.431 e. The van der Waals surface area contributed by atoms with Crippen molar-refractivity contribution in [3.05, 3.63) is 130 Å². The number of ether oxygens (including phenoxy) is 1. The number of anilines is 1. The van der Waals surface area contributed by atoms with Crippen molar-refractivity contribution in [1.82, 2.24) is 9.88 Å². The highest BCUT2D eigenvalue weighted by molar-refractivity contribution is 6.30. The first-order valence-electron chi connectivity index (χ1n) is 10.8. The molecule has 3 aromatic carbocycles. The summed E-state index contributed by atoms with van der Waals surface area (Å²) in [6, 6.07) is 27.5. The predicted molar refractivity (Wildman–Crippen MR) is 135 cm³/mol. The van der Waals surface area contributed by atoms with Crippen molar-refractivity contribution in [2.45, 2.75) is 12.6 Å². The van der Waals surface area contributed by atoms with Crippen LogP contribution in [-0.2, 0) is 16.1 Å². The Balaban J connectivity index is 1.42. The molecular weight excluding hydrogens is 466 g/mol. The Kier molecular flexibility index (Phi) is 7.60. The van der Waals surface area contributed by atoms with E-state index in [-0.39, 0.29) is 12.1 Å². The van der Waals surface area contributed by atoms with Gasteiger partial charge in [0.15, 0.2) is 0 Å². The lowest BCUT2D eigenvalue weighted by Crippen LogP contribution is -2.32. The molecule has 8 heteroatoms. The van der Waals surface area contributed by atoms with Crippen molar-refractivity contribution in [3.63, 3.8) is 0 Å². The van der Waals surface area contributed by atoms with E-state index in [0.29, 0.717) is 16.3 Å². The summed E-state index contributed by atoms with van der Waals surface area (Å²) in [5.41, 5.74) is 2.44. The third kappa shape index (κ3) is 6.37. The van der Waals surface area contributed by atoms with Crippen LogP contribution < -0.4 is 16.2 Å². The molecule has 4 rings (SSSR count). The Labute approximate surface area is 206 Å². The molecule has 176 valence electrons. The first-order chi connectivity index (χ1) is 17.0. The van der Waals surface area contributed by atoms with Gasteiger partial charge in [-0.2, -0.15) is 0 Å². The molecule has 1 atom stereocenters. The maximum absolute atomic E-state index is 13.0. The molecule has 0 bridgehead atoms. The Morgan fingerprint density at radius 1 is 0.857 bits per heavy atom. The zero-order chi connectivity index (χ0) is 24.6. The van der Waals surface area contributed by atoms with Crippen molar-refractivity contribution in [2.24, 2.45) is 0 Å². The van der Waals surface area contributed by atoms with Crippen LogP contribution in [0.25, 0.3) is 5.69 Å². The normalized spacial score (nSPS) is 11.3. The van der Waals surface area contributed by atoms with E-state index in [1.54, 1.807) is 79.0 Å². The number of rotatable bonds is 7. The molecular formula is C27H22ClN3O4. The van der Waals surface area contributed by atoms with Crippen LogP contribution in [0.15, 0.2) is 108 Å². The summed E-state index contributed by atoms with van der Waals surface area (Å²) in [5.74, 6) is -0.467. The van der Waals surface area contributed by atoms with E-state index in [0.717, 1.165) is 11.3 Å². The van der Waals surface area contributed by atoms with Crippen LogP contribution in [0.2, 0.25) is 5.02 Å². The van der Waals surface area contributed by atoms with Crippen molar-refractivity contribution in [3.8, 4) is 5.69 Å². The molecule has 2 N–H and O–H groups in total. The summed E-state index contributed by atoms with van der Waals surface area (Å²) in [5, 5.41) is 5.95. The first-order valence-corrected chi connectivity index (χ1v) is 11.2. The van der Waals surface area contributed by atoms with Gasteiger partial charge in [0.05, 0.1) is 0 Å². The number of pyridine rings is 1. The van der Waals surface area contributed by atoms with Crippen LogP contribution in [0.3, 0.4) is 0 Å². The molecule has 1 heterocycles. The topological polar surface area (TPSA) is 89.4 Å². The average molecular weight is 488 g/mol. The molecule has 0 aliphatic rings. The minimum atomic E-state index is -1.15. The number of hydrogen-bond donors (Lipinski definition) is 2. The summed E-state index contributed by atoms with van der Waals surface area (Å²) in [4.78, 5) is 37.5. The molecule has 0 aliphatic carbocycles. The monoisotopic (exact) mass is 487 g/mol. The quantitative estimate of drug-likeness (QED) is 0.379. The number of carbonyl (C=O) groups excluding carboxylic acids is 2. The fourth-order valence-electron chi connectivity index (χ4n) is 3.39. The van der Waals surface area contributed by atoms with E-state index < -0.39 is 18.1 Å². The van der Waals surface area contributed by atoms with Gasteiger partial charge in [-0.05, 0) is 48.0 Å². The summed E-state index contributed by atoms with van der Waals surface area (Å²) >= 11 is 5.87. The standard InChI is InChI=1S/C27H22ClN3O4/c28-21-11-13-22(14-12-21)30-27(34)35-25(20-6-2-1-3-7-20)26(33)29-18-19-9-15-23(16-10-19)31-17-5-4-8-24(31)32/h1-17,25H,18H2,(H,29,33)(H,30,34)/t25-/m1/s1. The fraction of sp³-hybridized carbons (Fsp3) is 0.0741. The second-order valence-electron chi connectivity index (χ2n) is 7.62. The van der Waals surface area contributed by atoms with Crippen molar-refractivity contribution in [2.75, 3.05) is 5.32 Å². The molecule has 7 nitrogen and oxygen atoms in total. The van der Waals surface area contributed by atoms with Gasteiger partial charge >= 0.3 is 6.09 Å². The van der Waals surface area contributed by atoms with Crippen molar-refractivity contribution >= 4 is 29.3 Å². The molecule has 0 aliphatic heterocycles. The second-order valence-corrected chi connectivity index (χ2v) is 8.06. The van der Waals surface area contributed by atoms with Gasteiger partial charge < -0.3 is 10.1 Å². The van der Waals surface area contributed by atoms with E-state index in [2.05, 4.69) is 10.6 Å². The van der Waals surface area contributed by atoms with Gasteiger partial charge in [0.25, 0.3) is 11.5 Å². The maximum Gasteiger partial charge on any atom is 0.412 e. The molecule has 0 radical (unpaired) electrons. The molecule has 4 aromatic rings. The molecule has 0 spiro atoms. The number of hydrogen-bond acceptors (Lipinski definition) is 4. The van der Waals surface area contributed by atoms with E-state index in [9.17, 15) is 14.4 Å². The van der Waals surface area contributed by atoms with E-state index in [4.69, 9.17) is 16.3 Å².